The van der Waals surface area contributed by atoms with Crippen LogP contribution in [0.3, 0.4) is 0 Å². The lowest BCUT2D eigenvalue weighted by Gasteiger charge is -2.23. The third kappa shape index (κ3) is 5.69. The maximum absolute atomic E-state index is 14.0. The molecule has 186 valence electrons. The van der Waals surface area contributed by atoms with Crippen molar-refractivity contribution < 1.29 is 18.4 Å². The van der Waals surface area contributed by atoms with Crippen molar-refractivity contribution in [2.45, 2.75) is 5.37 Å². The van der Waals surface area contributed by atoms with Crippen molar-refractivity contribution in [3.05, 3.63) is 95.7 Å². The molecule has 0 saturated heterocycles. The lowest BCUT2D eigenvalue weighted by atomic mass is 10.1. The summed E-state index contributed by atoms with van der Waals surface area (Å²) in [5.41, 5.74) is 6.24. The Labute approximate surface area is 213 Å². The number of rotatable bonds is 11. The number of anilines is 3. The summed E-state index contributed by atoms with van der Waals surface area (Å²) in [6.07, 6.45) is 3.33. The highest BCUT2D eigenvalue weighted by atomic mass is 32.2. The van der Waals surface area contributed by atoms with Crippen LogP contribution in [-0.4, -0.2) is 44.6 Å². The van der Waals surface area contributed by atoms with E-state index in [-0.39, 0.29) is 37.6 Å². The molecule has 0 spiro atoms. The number of hydrogen-bond donors (Lipinski definition) is 3. The van der Waals surface area contributed by atoms with Crippen molar-refractivity contribution in [3.8, 4) is 0 Å². The second kappa shape index (κ2) is 10.8. The van der Waals surface area contributed by atoms with Gasteiger partial charge < -0.3 is 21.3 Å². The Kier molecular flexibility index (Phi) is 7.61. The smallest absolute Gasteiger partial charge is 0.252 e. The number of halogens is 2. The van der Waals surface area contributed by atoms with Crippen LogP contribution < -0.4 is 16.4 Å². The van der Waals surface area contributed by atoms with Gasteiger partial charge in [0, 0.05) is 17.0 Å². The lowest BCUT2D eigenvalue weighted by Crippen LogP contribution is -2.38. The Morgan fingerprint density at radius 1 is 1.17 bits per heavy atom. The van der Waals surface area contributed by atoms with Gasteiger partial charge in [0.05, 0.1) is 17.5 Å². The first kappa shape index (κ1) is 25.3. The molecule has 3 aromatic rings. The third-order valence-electron chi connectivity index (χ3n) is 5.31. The number of ketones is 1. The predicted molar refractivity (Wildman–Crippen MR) is 143 cm³/mol. The minimum atomic E-state index is -0.972. The quantitative estimate of drug-likeness (QED) is 0.247. The van der Waals surface area contributed by atoms with E-state index in [2.05, 4.69) is 34.1 Å². The molecule has 1 aliphatic heterocycles. The fraction of sp³-hybridized carbons (Fsp3) is 0.120. The van der Waals surface area contributed by atoms with E-state index < -0.39 is 23.0 Å². The first-order valence-corrected chi connectivity index (χ1v) is 13.1. The van der Waals surface area contributed by atoms with Gasteiger partial charge in [0.2, 0.25) is 5.78 Å². The molecule has 1 amide bonds. The van der Waals surface area contributed by atoms with Crippen molar-refractivity contribution in [1.82, 2.24) is 15.2 Å². The number of aromatic nitrogens is 1. The number of thiazole rings is 1. The molecule has 36 heavy (non-hydrogen) atoms. The zero-order chi connectivity index (χ0) is 25.8. The van der Waals surface area contributed by atoms with Crippen molar-refractivity contribution in [2.24, 2.45) is 0 Å². The number of benzene rings is 2. The number of nitrogens with zero attached hydrogens (tertiary/aromatic N) is 2. The number of nitrogens with one attached hydrogen (secondary N) is 2. The second-order valence-electron chi connectivity index (χ2n) is 7.69. The molecule has 0 bridgehead atoms. The summed E-state index contributed by atoms with van der Waals surface area (Å²) in [5.74, 6) is -2.19. The summed E-state index contributed by atoms with van der Waals surface area (Å²) >= 11 is 0.881. The lowest BCUT2D eigenvalue weighted by molar-refractivity contribution is 0.0946. The second-order valence-corrected chi connectivity index (χ2v) is 10.9. The number of carbonyl (C=O) groups is 2. The van der Waals surface area contributed by atoms with Gasteiger partial charge in [-0.15, -0.1) is 0 Å². The molecule has 2 unspecified atom stereocenters. The van der Waals surface area contributed by atoms with Crippen LogP contribution in [0.1, 0.15) is 25.6 Å². The molecule has 0 saturated carbocycles. The molecule has 7 nitrogen and oxygen atoms in total. The van der Waals surface area contributed by atoms with Crippen LogP contribution in [-0.2, 0) is 0 Å². The highest BCUT2D eigenvalue weighted by Gasteiger charge is 2.25. The van der Waals surface area contributed by atoms with E-state index >= 15 is 0 Å². The van der Waals surface area contributed by atoms with Gasteiger partial charge >= 0.3 is 0 Å². The summed E-state index contributed by atoms with van der Waals surface area (Å²) in [5, 5.41) is 8.47. The van der Waals surface area contributed by atoms with Crippen molar-refractivity contribution in [2.75, 3.05) is 23.3 Å². The monoisotopic (exact) mass is 527 g/mol. The summed E-state index contributed by atoms with van der Waals surface area (Å²) in [7, 11) is 0.0269. The molecule has 0 fully saturated rings. The average molecular weight is 528 g/mol. The average Bonchev–Trinajstić information content (AvgIpc) is 3.64. The molecular formula is C25H23F2N5O2S2. The van der Waals surface area contributed by atoms with E-state index in [1.165, 1.54) is 6.07 Å². The fourth-order valence-electron chi connectivity index (χ4n) is 3.34. The van der Waals surface area contributed by atoms with E-state index in [4.69, 9.17) is 5.73 Å². The Hall–Kier alpha value is -3.83. The summed E-state index contributed by atoms with van der Waals surface area (Å²) in [6, 6.07) is 9.87. The Balaban J connectivity index is 1.43. The molecule has 2 atom stereocenters. The van der Waals surface area contributed by atoms with E-state index in [1.54, 1.807) is 36.7 Å². The fourth-order valence-corrected chi connectivity index (χ4v) is 5.59. The number of hydrogen-bond acceptors (Lipinski definition) is 7. The minimum absolute atomic E-state index is 0.0269. The van der Waals surface area contributed by atoms with Crippen LogP contribution in [0.2, 0.25) is 0 Å². The third-order valence-corrected chi connectivity index (χ3v) is 8.01. The summed E-state index contributed by atoms with van der Waals surface area (Å²) in [4.78, 5) is 31.3. The SMILES string of the molecule is C=CN(C=C)CC(NC(=O)c1ccc(Nc2nc(N)c(C(=O)c3c(F)cccc3F)s2)cc1)S1=CC1. The van der Waals surface area contributed by atoms with Gasteiger partial charge in [0.1, 0.15) is 22.3 Å². The number of nitrogen functional groups attached to an aromatic ring is 1. The topological polar surface area (TPSA) is 100 Å². The molecule has 0 radical (unpaired) electrons. The van der Waals surface area contributed by atoms with Gasteiger partial charge in [-0.3, -0.25) is 9.59 Å². The normalized spacial score (nSPS) is 14.8. The largest absolute Gasteiger partial charge is 0.382 e. The van der Waals surface area contributed by atoms with Gasteiger partial charge in [0.25, 0.3) is 5.91 Å². The molecule has 4 N–H and O–H groups in total. The highest BCUT2D eigenvalue weighted by molar-refractivity contribution is 8.23. The molecule has 4 rings (SSSR count). The molecule has 1 aliphatic rings. The van der Waals surface area contributed by atoms with Crippen molar-refractivity contribution >= 4 is 55.5 Å². The molecule has 2 heterocycles. The maximum atomic E-state index is 14.0. The molecule has 0 aliphatic carbocycles. The van der Waals surface area contributed by atoms with E-state index in [9.17, 15) is 18.4 Å². The van der Waals surface area contributed by atoms with Gasteiger partial charge in [-0.2, -0.15) is 10.5 Å². The van der Waals surface area contributed by atoms with Crippen LogP contribution in [0.4, 0.5) is 25.4 Å². The molecule has 2 aromatic carbocycles. The van der Waals surface area contributed by atoms with Crippen LogP contribution in [0, 0.1) is 11.6 Å². The molecular weight excluding hydrogens is 504 g/mol. The van der Waals surface area contributed by atoms with Gasteiger partial charge in [-0.1, -0.05) is 30.6 Å². The molecule has 11 heteroatoms. The van der Waals surface area contributed by atoms with E-state index in [0.717, 1.165) is 29.2 Å². The zero-order valence-electron chi connectivity index (χ0n) is 19.0. The highest BCUT2D eigenvalue weighted by Crippen LogP contribution is 2.31. The van der Waals surface area contributed by atoms with Gasteiger partial charge in [-0.25, -0.2) is 13.8 Å². The number of nitrogens with two attached hydrogens (primary N) is 1. The maximum Gasteiger partial charge on any atom is 0.252 e. The van der Waals surface area contributed by atoms with Gasteiger partial charge in [-0.05, 0) is 54.2 Å². The summed E-state index contributed by atoms with van der Waals surface area (Å²) < 4.78 is 28.0. The standard InChI is InChI=1S/C25H23F2N5O2S2/c1-3-32(4-2)14-19(36-12-13-36)30-24(34)15-8-10-16(11-9-15)29-25-31-23(28)22(35-25)21(33)20-17(26)6-5-7-18(20)27/h3-12,19H,1-2,13-14,28H2,(H,29,31)(H,30,34). The van der Waals surface area contributed by atoms with E-state index in [0.29, 0.717) is 17.8 Å². The van der Waals surface area contributed by atoms with Crippen LogP contribution in [0.5, 0.6) is 0 Å². The Morgan fingerprint density at radius 3 is 2.39 bits per heavy atom. The molecule has 1 aromatic heterocycles. The zero-order valence-corrected chi connectivity index (χ0v) is 20.7. The van der Waals surface area contributed by atoms with Crippen LogP contribution >= 0.6 is 21.8 Å². The van der Waals surface area contributed by atoms with Crippen molar-refractivity contribution in [3.63, 3.8) is 0 Å². The minimum Gasteiger partial charge on any atom is -0.382 e. The first-order valence-electron chi connectivity index (χ1n) is 10.8. The van der Waals surface area contributed by atoms with E-state index in [1.807, 2.05) is 4.90 Å². The first-order chi connectivity index (χ1) is 17.3. The number of carbonyl (C=O) groups excluding carboxylic acids is 2. The van der Waals surface area contributed by atoms with Crippen molar-refractivity contribution in [1.29, 1.82) is 0 Å². The Morgan fingerprint density at radius 2 is 1.81 bits per heavy atom. The summed E-state index contributed by atoms with van der Waals surface area (Å²) in [6.45, 7) is 8.08. The van der Waals surface area contributed by atoms with Crippen LogP contribution in [0.25, 0.3) is 0 Å². The van der Waals surface area contributed by atoms with Crippen LogP contribution in [0.15, 0.2) is 68.0 Å². The van der Waals surface area contributed by atoms with Gasteiger partial charge in [0.15, 0.2) is 5.13 Å². The predicted octanol–water partition coefficient (Wildman–Crippen LogP) is 4.71. The Bertz CT molecular complexity index is 1340. The number of amides is 1.